The molecule has 0 unspecified atom stereocenters. The van der Waals surface area contributed by atoms with Crippen molar-refractivity contribution in [3.8, 4) is 5.88 Å². The van der Waals surface area contributed by atoms with Crippen LogP contribution >= 0.6 is 0 Å². The molecule has 2 N–H and O–H groups in total. The van der Waals surface area contributed by atoms with Crippen LogP contribution in [0.3, 0.4) is 0 Å². The molecule has 100 valence electrons. The zero-order valence-electron chi connectivity index (χ0n) is 10.4. The van der Waals surface area contributed by atoms with E-state index in [0.717, 1.165) is 5.69 Å². The first-order valence-electron chi connectivity index (χ1n) is 5.68. The number of methoxy groups -OCH3 is 1. The van der Waals surface area contributed by atoms with Crippen LogP contribution < -0.4 is 10.3 Å². The van der Waals surface area contributed by atoms with Crippen LogP contribution in [0.25, 0.3) is 0 Å². The van der Waals surface area contributed by atoms with Gasteiger partial charge in [0, 0.05) is 30.6 Å². The standard InChI is InChI=1S/C12H14N4O3/c1-18-12(17)10(6-9-7-13-8-15-9)16-19-11-4-2-3-5-14-11/h2-5,7-8,10,16H,6H2,1H3,(H,13,15)/t10-/m0/s1. The maximum Gasteiger partial charge on any atom is 0.326 e. The fourth-order valence-electron chi connectivity index (χ4n) is 1.47. The minimum atomic E-state index is -0.646. The van der Waals surface area contributed by atoms with Crippen molar-refractivity contribution in [3.63, 3.8) is 0 Å². The molecule has 0 aliphatic heterocycles. The number of hydrogen-bond acceptors (Lipinski definition) is 6. The Morgan fingerprint density at radius 2 is 2.42 bits per heavy atom. The number of carbonyl (C=O) groups is 1. The molecule has 7 heteroatoms. The van der Waals surface area contributed by atoms with Crippen molar-refractivity contribution < 1.29 is 14.4 Å². The van der Waals surface area contributed by atoms with Crippen molar-refractivity contribution in [1.82, 2.24) is 20.4 Å². The Hall–Kier alpha value is -2.41. The largest absolute Gasteiger partial charge is 0.468 e. The second kappa shape index (κ2) is 6.50. The maximum atomic E-state index is 11.6. The van der Waals surface area contributed by atoms with Gasteiger partial charge in [-0.15, -0.1) is 5.48 Å². The Morgan fingerprint density at radius 3 is 3.05 bits per heavy atom. The van der Waals surface area contributed by atoms with Gasteiger partial charge in [0.05, 0.1) is 13.4 Å². The van der Waals surface area contributed by atoms with Crippen molar-refractivity contribution in [1.29, 1.82) is 0 Å². The van der Waals surface area contributed by atoms with Gasteiger partial charge in [0.2, 0.25) is 5.88 Å². The Balaban J connectivity index is 1.96. The summed E-state index contributed by atoms with van der Waals surface area (Å²) in [6.45, 7) is 0. The molecule has 0 aromatic carbocycles. The molecule has 7 nitrogen and oxygen atoms in total. The zero-order chi connectivity index (χ0) is 13.5. The number of imidazole rings is 1. The van der Waals surface area contributed by atoms with Crippen LogP contribution in [0.4, 0.5) is 0 Å². The lowest BCUT2D eigenvalue weighted by molar-refractivity contribution is -0.145. The van der Waals surface area contributed by atoms with E-state index in [4.69, 9.17) is 9.57 Å². The highest BCUT2D eigenvalue weighted by atomic mass is 16.7. The fourth-order valence-corrected chi connectivity index (χ4v) is 1.47. The van der Waals surface area contributed by atoms with E-state index in [2.05, 4.69) is 20.4 Å². The molecule has 0 aliphatic carbocycles. The summed E-state index contributed by atoms with van der Waals surface area (Å²) < 4.78 is 4.71. The number of esters is 1. The summed E-state index contributed by atoms with van der Waals surface area (Å²) >= 11 is 0. The summed E-state index contributed by atoms with van der Waals surface area (Å²) in [7, 11) is 1.32. The monoisotopic (exact) mass is 262 g/mol. The van der Waals surface area contributed by atoms with Crippen LogP contribution in [0, 0.1) is 0 Å². The van der Waals surface area contributed by atoms with Crippen LogP contribution in [-0.4, -0.2) is 34.1 Å². The summed E-state index contributed by atoms with van der Waals surface area (Å²) in [4.78, 5) is 27.7. The molecule has 0 bridgehead atoms. The van der Waals surface area contributed by atoms with Crippen LogP contribution in [-0.2, 0) is 16.0 Å². The minimum Gasteiger partial charge on any atom is -0.468 e. The molecule has 2 aromatic rings. The predicted octanol–water partition coefficient (Wildman–Crippen LogP) is 0.472. The topological polar surface area (TPSA) is 89.1 Å². The van der Waals surface area contributed by atoms with Gasteiger partial charge in [0.25, 0.3) is 0 Å². The number of carbonyl (C=O) groups excluding carboxylic acids is 1. The van der Waals surface area contributed by atoms with E-state index in [9.17, 15) is 4.79 Å². The first kappa shape index (κ1) is 13.0. The van der Waals surface area contributed by atoms with Crippen molar-refractivity contribution in [2.45, 2.75) is 12.5 Å². The number of aromatic amines is 1. The van der Waals surface area contributed by atoms with Crippen LogP contribution in [0.15, 0.2) is 36.9 Å². The number of pyridine rings is 1. The smallest absolute Gasteiger partial charge is 0.326 e. The Kier molecular flexibility index (Phi) is 4.46. The second-order valence-electron chi connectivity index (χ2n) is 3.74. The lowest BCUT2D eigenvalue weighted by Gasteiger charge is -2.15. The number of nitrogens with one attached hydrogen (secondary N) is 2. The van der Waals surface area contributed by atoms with Gasteiger partial charge < -0.3 is 14.6 Å². The molecular weight excluding hydrogens is 248 g/mol. The Bertz CT molecular complexity index is 501. The summed E-state index contributed by atoms with van der Waals surface area (Å²) in [5.41, 5.74) is 3.44. The molecule has 0 saturated heterocycles. The van der Waals surface area contributed by atoms with Crippen molar-refractivity contribution >= 4 is 5.97 Å². The van der Waals surface area contributed by atoms with Crippen LogP contribution in [0.5, 0.6) is 5.88 Å². The molecule has 2 heterocycles. The molecule has 19 heavy (non-hydrogen) atoms. The van der Waals surface area contributed by atoms with Gasteiger partial charge in [-0.25, -0.2) is 9.97 Å². The number of hydrogen-bond donors (Lipinski definition) is 2. The van der Waals surface area contributed by atoms with E-state index >= 15 is 0 Å². The van der Waals surface area contributed by atoms with Crippen molar-refractivity contribution in [2.24, 2.45) is 0 Å². The van der Waals surface area contributed by atoms with Crippen molar-refractivity contribution in [2.75, 3.05) is 7.11 Å². The molecule has 0 spiro atoms. The van der Waals surface area contributed by atoms with Gasteiger partial charge >= 0.3 is 5.97 Å². The average molecular weight is 262 g/mol. The molecule has 1 atom stereocenters. The van der Waals surface area contributed by atoms with Gasteiger partial charge in [-0.3, -0.25) is 4.79 Å². The number of ether oxygens (including phenoxy) is 1. The normalized spacial score (nSPS) is 11.8. The molecular formula is C12H14N4O3. The molecule has 0 amide bonds. The van der Waals surface area contributed by atoms with Gasteiger partial charge in [0.1, 0.15) is 6.04 Å². The highest BCUT2D eigenvalue weighted by molar-refractivity contribution is 5.75. The molecule has 0 saturated carbocycles. The third-order valence-corrected chi connectivity index (χ3v) is 2.41. The molecule has 2 aromatic heterocycles. The Labute approximate surface area is 109 Å². The van der Waals surface area contributed by atoms with E-state index in [-0.39, 0.29) is 0 Å². The number of rotatable bonds is 6. The lowest BCUT2D eigenvalue weighted by atomic mass is 10.2. The molecule has 0 radical (unpaired) electrons. The third-order valence-electron chi connectivity index (χ3n) is 2.41. The summed E-state index contributed by atoms with van der Waals surface area (Å²) in [6.07, 6.45) is 5.15. The Morgan fingerprint density at radius 1 is 1.53 bits per heavy atom. The average Bonchev–Trinajstić information content (AvgIpc) is 2.96. The van der Waals surface area contributed by atoms with Gasteiger partial charge in [-0.2, -0.15) is 0 Å². The highest BCUT2D eigenvalue weighted by Gasteiger charge is 2.21. The highest BCUT2D eigenvalue weighted by Crippen LogP contribution is 2.04. The number of aromatic nitrogens is 3. The predicted molar refractivity (Wildman–Crippen MR) is 66.1 cm³/mol. The summed E-state index contributed by atoms with van der Waals surface area (Å²) in [6, 6.07) is 4.59. The summed E-state index contributed by atoms with van der Waals surface area (Å²) in [5, 5.41) is 0. The van der Waals surface area contributed by atoms with Crippen LogP contribution in [0.2, 0.25) is 0 Å². The minimum absolute atomic E-state index is 0.375. The maximum absolute atomic E-state index is 11.6. The summed E-state index contributed by atoms with van der Waals surface area (Å²) in [5.74, 6) is -0.0495. The number of hydroxylamine groups is 1. The van der Waals surface area contributed by atoms with Gasteiger partial charge in [0.15, 0.2) is 0 Å². The molecule has 0 fully saturated rings. The first-order chi connectivity index (χ1) is 9.29. The second-order valence-corrected chi connectivity index (χ2v) is 3.74. The lowest BCUT2D eigenvalue weighted by Crippen LogP contribution is -2.41. The zero-order valence-corrected chi connectivity index (χ0v) is 10.4. The van der Waals surface area contributed by atoms with E-state index in [0.29, 0.717) is 12.3 Å². The fraction of sp³-hybridized carbons (Fsp3) is 0.250. The molecule has 0 aliphatic rings. The van der Waals surface area contributed by atoms with E-state index in [1.807, 2.05) is 0 Å². The van der Waals surface area contributed by atoms with Crippen LogP contribution in [0.1, 0.15) is 5.69 Å². The quantitative estimate of drug-likeness (QED) is 0.581. The van der Waals surface area contributed by atoms with E-state index in [1.54, 1.807) is 36.9 Å². The van der Waals surface area contributed by atoms with E-state index < -0.39 is 12.0 Å². The first-order valence-corrected chi connectivity index (χ1v) is 5.68. The van der Waals surface area contributed by atoms with Gasteiger partial charge in [-0.05, 0) is 6.07 Å². The van der Waals surface area contributed by atoms with Crippen molar-refractivity contribution in [3.05, 3.63) is 42.6 Å². The number of nitrogens with zero attached hydrogens (tertiary/aromatic N) is 2. The molecule has 2 rings (SSSR count). The number of H-pyrrole nitrogens is 1. The SMILES string of the molecule is COC(=O)[C@H](Cc1cnc[nH]1)NOc1ccccn1. The van der Waals surface area contributed by atoms with Gasteiger partial charge in [-0.1, -0.05) is 6.07 Å². The van der Waals surface area contributed by atoms with E-state index in [1.165, 1.54) is 7.11 Å². The third kappa shape index (κ3) is 3.78.